The summed E-state index contributed by atoms with van der Waals surface area (Å²) in [4.78, 5) is 2.69. The number of nitrogens with zero attached hydrogens (tertiary/aromatic N) is 2. The molecule has 0 bridgehead atoms. The van der Waals surface area contributed by atoms with Gasteiger partial charge in [-0.2, -0.15) is 0 Å². The summed E-state index contributed by atoms with van der Waals surface area (Å²) in [5.74, 6) is 0.751. The average Bonchev–Trinajstić information content (AvgIpc) is 3.02. The number of para-hydroxylation sites is 1. The van der Waals surface area contributed by atoms with Gasteiger partial charge in [-0.05, 0) is 49.4 Å². The van der Waals surface area contributed by atoms with Crippen molar-refractivity contribution in [1.29, 1.82) is 0 Å². The zero-order chi connectivity index (χ0) is 18.8. The third-order valence-electron chi connectivity index (χ3n) is 6.11. The van der Waals surface area contributed by atoms with Gasteiger partial charge in [-0.1, -0.05) is 38.1 Å². The lowest BCUT2D eigenvalue weighted by Gasteiger charge is -2.35. The second kappa shape index (κ2) is 10.7. The fourth-order valence-corrected chi connectivity index (χ4v) is 4.66. The van der Waals surface area contributed by atoms with Crippen molar-refractivity contribution in [2.45, 2.75) is 46.2 Å². The van der Waals surface area contributed by atoms with Crippen molar-refractivity contribution in [3.63, 3.8) is 0 Å². The molecule has 0 aliphatic carbocycles. The molecule has 2 aromatic carbocycles. The van der Waals surface area contributed by atoms with Gasteiger partial charge in [-0.15, -0.1) is 24.8 Å². The Morgan fingerprint density at radius 3 is 2.28 bits per heavy atom. The summed E-state index contributed by atoms with van der Waals surface area (Å²) in [6, 6.07) is 16.6. The molecular formula is C24H35Cl2N3. The van der Waals surface area contributed by atoms with Crippen LogP contribution in [0.1, 0.15) is 45.2 Å². The molecule has 5 heteroatoms. The van der Waals surface area contributed by atoms with Crippen LogP contribution >= 0.6 is 24.8 Å². The van der Waals surface area contributed by atoms with Crippen LogP contribution in [0.25, 0.3) is 21.8 Å². The summed E-state index contributed by atoms with van der Waals surface area (Å²) in [5.41, 5.74) is 4.21. The summed E-state index contributed by atoms with van der Waals surface area (Å²) >= 11 is 0. The highest BCUT2D eigenvalue weighted by Gasteiger charge is 2.23. The molecule has 1 fully saturated rings. The number of aryl methyl sites for hydroxylation is 1. The van der Waals surface area contributed by atoms with Crippen LogP contribution in [0.3, 0.4) is 0 Å². The van der Waals surface area contributed by atoms with E-state index in [9.17, 15) is 0 Å². The fourth-order valence-electron chi connectivity index (χ4n) is 4.66. The van der Waals surface area contributed by atoms with Crippen molar-refractivity contribution >= 4 is 46.6 Å². The number of nitrogens with one attached hydrogen (secondary N) is 1. The Labute approximate surface area is 187 Å². The molecule has 160 valence electrons. The van der Waals surface area contributed by atoms with E-state index in [0.29, 0.717) is 6.04 Å². The van der Waals surface area contributed by atoms with Gasteiger partial charge in [0.2, 0.25) is 0 Å². The number of aromatic nitrogens is 1. The van der Waals surface area contributed by atoms with E-state index in [1.54, 1.807) is 0 Å². The van der Waals surface area contributed by atoms with Crippen molar-refractivity contribution < 1.29 is 0 Å². The molecule has 0 saturated carbocycles. The van der Waals surface area contributed by atoms with Gasteiger partial charge in [0.15, 0.2) is 0 Å². The van der Waals surface area contributed by atoms with Gasteiger partial charge in [0.05, 0.1) is 0 Å². The minimum atomic E-state index is 0. The number of hydrogen-bond acceptors (Lipinski definition) is 2. The molecule has 1 aliphatic heterocycles. The SMILES string of the molecule is CCn1c2ccccc2c2cc([C@@H](CCC(C)C)N3CCNCC3)ccc21.Cl.Cl. The van der Waals surface area contributed by atoms with Crippen LogP contribution in [0.2, 0.25) is 0 Å². The standard InChI is InChI=1S/C24H33N3.2ClH/c1-4-27-23-8-6-5-7-20(23)21-17-19(10-12-24(21)27)22(11-9-18(2)3)26-15-13-25-14-16-26;;/h5-8,10,12,17-18,22,25H,4,9,11,13-16H2,1-3H3;2*1H/t22-;;/m1../s1. The number of fused-ring (bicyclic) bond motifs is 3. The predicted molar refractivity (Wildman–Crippen MR) is 131 cm³/mol. The second-order valence-electron chi connectivity index (χ2n) is 8.31. The minimum absolute atomic E-state index is 0. The Bertz CT molecular complexity index is 913. The summed E-state index contributed by atoms with van der Waals surface area (Å²) < 4.78 is 2.45. The van der Waals surface area contributed by atoms with Gasteiger partial charge < -0.3 is 9.88 Å². The first kappa shape index (κ1) is 24.0. The number of piperazine rings is 1. The zero-order valence-electron chi connectivity index (χ0n) is 17.9. The average molecular weight is 436 g/mol. The third kappa shape index (κ3) is 4.91. The molecule has 3 nitrogen and oxygen atoms in total. The van der Waals surface area contributed by atoms with Gasteiger partial charge in [-0.3, -0.25) is 4.90 Å². The van der Waals surface area contributed by atoms with Crippen LogP contribution in [-0.2, 0) is 6.54 Å². The van der Waals surface area contributed by atoms with Crippen molar-refractivity contribution in [3.05, 3.63) is 48.0 Å². The van der Waals surface area contributed by atoms with Crippen LogP contribution in [0, 0.1) is 5.92 Å². The molecule has 0 amide bonds. The maximum atomic E-state index is 3.51. The smallest absolute Gasteiger partial charge is 0.0491 e. The normalized spacial score (nSPS) is 16.0. The lowest BCUT2D eigenvalue weighted by atomic mass is 9.94. The topological polar surface area (TPSA) is 20.2 Å². The van der Waals surface area contributed by atoms with Gasteiger partial charge in [0.1, 0.15) is 0 Å². The van der Waals surface area contributed by atoms with Crippen molar-refractivity contribution in [1.82, 2.24) is 14.8 Å². The van der Waals surface area contributed by atoms with E-state index in [2.05, 4.69) is 78.0 Å². The van der Waals surface area contributed by atoms with Crippen LogP contribution in [0.4, 0.5) is 0 Å². The van der Waals surface area contributed by atoms with Crippen LogP contribution in [-0.4, -0.2) is 35.6 Å². The van der Waals surface area contributed by atoms with Gasteiger partial charge >= 0.3 is 0 Å². The van der Waals surface area contributed by atoms with E-state index in [4.69, 9.17) is 0 Å². The Balaban J connectivity index is 0.00000150. The highest BCUT2D eigenvalue weighted by atomic mass is 35.5. The Morgan fingerprint density at radius 1 is 0.897 bits per heavy atom. The van der Waals surface area contributed by atoms with Crippen LogP contribution in [0.5, 0.6) is 0 Å². The number of rotatable bonds is 6. The molecule has 1 atom stereocenters. The lowest BCUT2D eigenvalue weighted by Crippen LogP contribution is -2.45. The molecular weight excluding hydrogens is 401 g/mol. The highest BCUT2D eigenvalue weighted by Crippen LogP contribution is 2.34. The molecule has 0 radical (unpaired) electrons. The molecule has 1 N–H and O–H groups in total. The Hall–Kier alpha value is -1.26. The summed E-state index contributed by atoms with van der Waals surface area (Å²) in [6.45, 7) is 12.4. The highest BCUT2D eigenvalue weighted by molar-refractivity contribution is 6.08. The lowest BCUT2D eigenvalue weighted by molar-refractivity contribution is 0.160. The molecule has 2 heterocycles. The maximum Gasteiger partial charge on any atom is 0.0491 e. The maximum absolute atomic E-state index is 3.51. The summed E-state index contributed by atoms with van der Waals surface area (Å²) in [7, 11) is 0. The Kier molecular flexibility index (Phi) is 8.84. The molecule has 1 saturated heterocycles. The van der Waals surface area contributed by atoms with E-state index >= 15 is 0 Å². The first-order valence-electron chi connectivity index (χ1n) is 10.6. The van der Waals surface area contributed by atoms with E-state index in [0.717, 1.165) is 38.6 Å². The molecule has 3 aromatic rings. The molecule has 1 aliphatic rings. The van der Waals surface area contributed by atoms with Crippen LogP contribution in [0.15, 0.2) is 42.5 Å². The largest absolute Gasteiger partial charge is 0.341 e. The van der Waals surface area contributed by atoms with E-state index in [1.807, 2.05) is 0 Å². The molecule has 1 aromatic heterocycles. The van der Waals surface area contributed by atoms with E-state index in [-0.39, 0.29) is 24.8 Å². The molecule has 29 heavy (non-hydrogen) atoms. The summed E-state index contributed by atoms with van der Waals surface area (Å²) in [6.07, 6.45) is 2.53. The van der Waals surface area contributed by atoms with Gasteiger partial charge in [-0.25, -0.2) is 0 Å². The number of halogens is 2. The minimum Gasteiger partial charge on any atom is -0.341 e. The molecule has 0 unspecified atom stereocenters. The first-order chi connectivity index (χ1) is 13.2. The fraction of sp³-hybridized carbons (Fsp3) is 0.500. The summed E-state index contributed by atoms with van der Waals surface area (Å²) in [5, 5.41) is 6.31. The van der Waals surface area contributed by atoms with Crippen LogP contribution < -0.4 is 5.32 Å². The van der Waals surface area contributed by atoms with Gasteiger partial charge in [0.25, 0.3) is 0 Å². The second-order valence-corrected chi connectivity index (χ2v) is 8.31. The number of benzene rings is 2. The first-order valence-corrected chi connectivity index (χ1v) is 10.6. The number of hydrogen-bond donors (Lipinski definition) is 1. The van der Waals surface area contributed by atoms with E-state index in [1.165, 1.54) is 40.2 Å². The van der Waals surface area contributed by atoms with Crippen molar-refractivity contribution in [2.24, 2.45) is 5.92 Å². The zero-order valence-corrected chi connectivity index (χ0v) is 19.5. The quantitative estimate of drug-likeness (QED) is 0.508. The third-order valence-corrected chi connectivity index (χ3v) is 6.11. The van der Waals surface area contributed by atoms with Crippen molar-refractivity contribution in [2.75, 3.05) is 26.2 Å². The Morgan fingerprint density at radius 2 is 1.59 bits per heavy atom. The van der Waals surface area contributed by atoms with Gasteiger partial charge in [0, 0.05) is 60.6 Å². The van der Waals surface area contributed by atoms with E-state index < -0.39 is 0 Å². The molecule has 0 spiro atoms. The van der Waals surface area contributed by atoms with Crippen molar-refractivity contribution in [3.8, 4) is 0 Å². The monoisotopic (exact) mass is 435 g/mol. The predicted octanol–water partition coefficient (Wildman–Crippen LogP) is 6.04. The molecule has 4 rings (SSSR count).